The van der Waals surface area contributed by atoms with E-state index in [2.05, 4.69) is 37.4 Å². The van der Waals surface area contributed by atoms with Crippen molar-refractivity contribution < 1.29 is 9.59 Å². The molecule has 0 unspecified atom stereocenters. The highest BCUT2D eigenvalue weighted by atomic mass is 16.2. The first-order chi connectivity index (χ1) is 11.8. The molecule has 0 saturated carbocycles. The molecule has 0 saturated heterocycles. The number of amides is 2. The Morgan fingerprint density at radius 3 is 2.32 bits per heavy atom. The number of nitrogens with zero attached hydrogens (tertiary/aromatic N) is 1. The molecule has 0 fully saturated rings. The summed E-state index contributed by atoms with van der Waals surface area (Å²) in [5.41, 5.74) is 9.93. The molecule has 2 amide bonds. The largest absolute Gasteiger partial charge is 0.366 e. The Labute approximate surface area is 148 Å². The van der Waals surface area contributed by atoms with E-state index in [1.165, 1.54) is 16.7 Å². The second-order valence-corrected chi connectivity index (χ2v) is 6.45. The minimum atomic E-state index is -0.487. The predicted molar refractivity (Wildman–Crippen MR) is 100 cm³/mol. The van der Waals surface area contributed by atoms with E-state index in [0.717, 1.165) is 0 Å². The second-order valence-electron chi connectivity index (χ2n) is 6.45. The number of aryl methyl sites for hydroxylation is 2. The Kier molecular flexibility index (Phi) is 5.93. The van der Waals surface area contributed by atoms with Gasteiger partial charge in [-0.2, -0.15) is 0 Å². The highest BCUT2D eigenvalue weighted by Gasteiger charge is 2.19. The molecular weight excluding hydrogens is 314 g/mol. The van der Waals surface area contributed by atoms with Gasteiger partial charge in [0.2, 0.25) is 11.8 Å². The summed E-state index contributed by atoms with van der Waals surface area (Å²) in [7, 11) is 1.93. The number of carbonyl (C=O) groups is 2. The standard InChI is InChI=1S/C20H25N3O2/c1-13-5-6-17(14(2)11-13)12-23(4)15(3)20(25)22-18-9-7-16(8-10-18)19(21)24/h5-11,15H,12H2,1-4H3,(H2,21,24)(H,22,25)/t15-/m0/s1. The van der Waals surface area contributed by atoms with Gasteiger partial charge in [0.05, 0.1) is 6.04 Å². The van der Waals surface area contributed by atoms with Crippen LogP contribution in [0.15, 0.2) is 42.5 Å². The first kappa shape index (κ1) is 18.7. The van der Waals surface area contributed by atoms with E-state index >= 15 is 0 Å². The second kappa shape index (κ2) is 7.94. The Bertz CT molecular complexity index is 769. The number of hydrogen-bond donors (Lipinski definition) is 2. The number of likely N-dealkylation sites (N-methyl/N-ethyl adjacent to an activating group) is 1. The fraction of sp³-hybridized carbons (Fsp3) is 0.300. The van der Waals surface area contributed by atoms with Crippen LogP contribution in [0.4, 0.5) is 5.69 Å². The zero-order valence-electron chi connectivity index (χ0n) is 15.2. The van der Waals surface area contributed by atoms with Crippen molar-refractivity contribution in [3.05, 3.63) is 64.7 Å². The molecule has 0 aromatic heterocycles. The summed E-state index contributed by atoms with van der Waals surface area (Å²) in [5.74, 6) is -0.585. The van der Waals surface area contributed by atoms with Crippen molar-refractivity contribution in [1.29, 1.82) is 0 Å². The number of hydrogen-bond acceptors (Lipinski definition) is 3. The SMILES string of the molecule is Cc1ccc(CN(C)[C@@H](C)C(=O)Nc2ccc(C(N)=O)cc2)c(C)c1. The van der Waals surface area contributed by atoms with Gasteiger partial charge in [-0.15, -0.1) is 0 Å². The van der Waals surface area contributed by atoms with Crippen LogP contribution in [0.3, 0.4) is 0 Å². The molecule has 2 aromatic rings. The van der Waals surface area contributed by atoms with Crippen LogP contribution in [0, 0.1) is 13.8 Å². The van der Waals surface area contributed by atoms with Gasteiger partial charge in [0.25, 0.3) is 0 Å². The van der Waals surface area contributed by atoms with Gasteiger partial charge < -0.3 is 11.1 Å². The summed E-state index contributed by atoms with van der Waals surface area (Å²) in [4.78, 5) is 25.5. The summed E-state index contributed by atoms with van der Waals surface area (Å²) in [6.07, 6.45) is 0. The van der Waals surface area contributed by atoms with Crippen LogP contribution in [-0.4, -0.2) is 29.8 Å². The number of carbonyl (C=O) groups excluding carboxylic acids is 2. The van der Waals surface area contributed by atoms with Crippen molar-refractivity contribution in [3.8, 4) is 0 Å². The van der Waals surface area contributed by atoms with Crippen molar-refractivity contribution >= 4 is 17.5 Å². The maximum atomic E-state index is 12.5. The van der Waals surface area contributed by atoms with Gasteiger partial charge in [0.1, 0.15) is 0 Å². The lowest BCUT2D eigenvalue weighted by Gasteiger charge is -2.24. The molecule has 2 rings (SSSR count). The number of benzene rings is 2. The first-order valence-corrected chi connectivity index (χ1v) is 8.25. The third-order valence-electron chi connectivity index (χ3n) is 4.40. The van der Waals surface area contributed by atoms with Crippen LogP contribution in [0.5, 0.6) is 0 Å². The summed E-state index contributed by atoms with van der Waals surface area (Å²) < 4.78 is 0. The predicted octanol–water partition coefficient (Wildman–Crippen LogP) is 2.86. The van der Waals surface area contributed by atoms with E-state index in [0.29, 0.717) is 17.8 Å². The highest BCUT2D eigenvalue weighted by molar-refractivity contribution is 5.96. The maximum Gasteiger partial charge on any atom is 0.248 e. The monoisotopic (exact) mass is 339 g/mol. The molecule has 2 aromatic carbocycles. The molecule has 0 aliphatic heterocycles. The van der Waals surface area contributed by atoms with Gasteiger partial charge in [0, 0.05) is 17.8 Å². The Balaban J connectivity index is 1.99. The number of rotatable bonds is 6. The summed E-state index contributed by atoms with van der Waals surface area (Å²) in [6.45, 7) is 6.72. The van der Waals surface area contributed by atoms with Crippen molar-refractivity contribution in [2.24, 2.45) is 5.73 Å². The van der Waals surface area contributed by atoms with Crippen LogP contribution < -0.4 is 11.1 Å². The zero-order chi connectivity index (χ0) is 18.6. The van der Waals surface area contributed by atoms with Gasteiger partial charge >= 0.3 is 0 Å². The minimum Gasteiger partial charge on any atom is -0.366 e. The number of anilines is 1. The molecule has 0 spiro atoms. The number of nitrogens with two attached hydrogens (primary N) is 1. The quantitative estimate of drug-likeness (QED) is 0.850. The Morgan fingerprint density at radius 2 is 1.76 bits per heavy atom. The topological polar surface area (TPSA) is 75.4 Å². The van der Waals surface area contributed by atoms with Crippen molar-refractivity contribution in [1.82, 2.24) is 4.90 Å². The maximum absolute atomic E-state index is 12.5. The molecule has 132 valence electrons. The molecule has 0 bridgehead atoms. The van der Waals surface area contributed by atoms with Crippen LogP contribution in [-0.2, 0) is 11.3 Å². The number of primary amides is 1. The third-order valence-corrected chi connectivity index (χ3v) is 4.40. The van der Waals surface area contributed by atoms with Gasteiger partial charge in [-0.05, 0) is 63.2 Å². The Hall–Kier alpha value is -2.66. The average molecular weight is 339 g/mol. The lowest BCUT2D eigenvalue weighted by atomic mass is 10.0. The minimum absolute atomic E-state index is 0.0981. The average Bonchev–Trinajstić information content (AvgIpc) is 2.57. The van der Waals surface area contributed by atoms with E-state index in [4.69, 9.17) is 5.73 Å². The molecule has 3 N–H and O–H groups in total. The van der Waals surface area contributed by atoms with E-state index in [9.17, 15) is 9.59 Å². The van der Waals surface area contributed by atoms with Crippen molar-refractivity contribution in [3.63, 3.8) is 0 Å². The summed E-state index contributed by atoms with van der Waals surface area (Å²) in [5, 5.41) is 2.87. The Morgan fingerprint density at radius 1 is 1.12 bits per heavy atom. The third kappa shape index (κ3) is 4.90. The van der Waals surface area contributed by atoms with E-state index < -0.39 is 5.91 Å². The molecule has 0 heterocycles. The smallest absolute Gasteiger partial charge is 0.248 e. The molecule has 0 radical (unpaired) electrons. The van der Waals surface area contributed by atoms with Crippen molar-refractivity contribution in [2.75, 3.05) is 12.4 Å². The van der Waals surface area contributed by atoms with Crippen LogP contribution in [0.25, 0.3) is 0 Å². The molecule has 0 aliphatic carbocycles. The fourth-order valence-electron chi connectivity index (χ4n) is 2.59. The lowest BCUT2D eigenvalue weighted by molar-refractivity contribution is -0.120. The van der Waals surface area contributed by atoms with Gasteiger partial charge in [-0.3, -0.25) is 14.5 Å². The van der Waals surface area contributed by atoms with E-state index in [-0.39, 0.29) is 11.9 Å². The van der Waals surface area contributed by atoms with Gasteiger partial charge in [-0.1, -0.05) is 23.8 Å². The van der Waals surface area contributed by atoms with Crippen LogP contribution in [0.1, 0.15) is 34.0 Å². The summed E-state index contributed by atoms with van der Waals surface area (Å²) in [6, 6.07) is 12.6. The van der Waals surface area contributed by atoms with Gasteiger partial charge in [0.15, 0.2) is 0 Å². The van der Waals surface area contributed by atoms with Crippen molar-refractivity contribution in [2.45, 2.75) is 33.4 Å². The molecule has 5 nitrogen and oxygen atoms in total. The van der Waals surface area contributed by atoms with Crippen LogP contribution >= 0.6 is 0 Å². The molecular formula is C20H25N3O2. The highest BCUT2D eigenvalue weighted by Crippen LogP contribution is 2.15. The lowest BCUT2D eigenvalue weighted by Crippen LogP contribution is -2.39. The molecule has 0 aliphatic rings. The first-order valence-electron chi connectivity index (χ1n) is 8.25. The van der Waals surface area contributed by atoms with E-state index in [1.807, 2.05) is 18.9 Å². The fourth-order valence-corrected chi connectivity index (χ4v) is 2.59. The molecule has 1 atom stereocenters. The normalized spacial score (nSPS) is 12.0. The zero-order valence-corrected chi connectivity index (χ0v) is 15.2. The van der Waals surface area contributed by atoms with Gasteiger partial charge in [-0.25, -0.2) is 0 Å². The molecule has 5 heteroatoms. The van der Waals surface area contributed by atoms with E-state index in [1.54, 1.807) is 24.3 Å². The number of nitrogens with one attached hydrogen (secondary N) is 1. The summed E-state index contributed by atoms with van der Waals surface area (Å²) >= 11 is 0. The molecule has 25 heavy (non-hydrogen) atoms. The van der Waals surface area contributed by atoms with Crippen LogP contribution in [0.2, 0.25) is 0 Å².